The third-order valence-corrected chi connectivity index (χ3v) is 4.37. The molecule has 3 rings (SSSR count). The van der Waals surface area contributed by atoms with Gasteiger partial charge < -0.3 is 10.2 Å². The van der Waals surface area contributed by atoms with Crippen LogP contribution in [0.2, 0.25) is 0 Å². The maximum Gasteiger partial charge on any atom is 0.223 e. The van der Waals surface area contributed by atoms with Gasteiger partial charge in [0.1, 0.15) is 0 Å². The van der Waals surface area contributed by atoms with Crippen molar-refractivity contribution in [2.24, 2.45) is 0 Å². The summed E-state index contributed by atoms with van der Waals surface area (Å²) in [5.74, 6) is 0.338. The van der Waals surface area contributed by atoms with Crippen LogP contribution in [0.1, 0.15) is 44.1 Å². The molecule has 20 heavy (non-hydrogen) atoms. The van der Waals surface area contributed by atoms with E-state index in [1.807, 2.05) is 18.2 Å². The fourth-order valence-electron chi connectivity index (χ4n) is 3.03. The van der Waals surface area contributed by atoms with E-state index in [2.05, 4.69) is 22.3 Å². The highest BCUT2D eigenvalue weighted by atomic mass is 16.2. The van der Waals surface area contributed by atoms with Gasteiger partial charge in [0.25, 0.3) is 0 Å². The summed E-state index contributed by atoms with van der Waals surface area (Å²) in [6.45, 7) is 1.90. The van der Waals surface area contributed by atoms with Gasteiger partial charge in [-0.15, -0.1) is 0 Å². The van der Waals surface area contributed by atoms with E-state index in [0.717, 1.165) is 19.5 Å². The minimum absolute atomic E-state index is 0.338. The maximum absolute atomic E-state index is 12.5. The van der Waals surface area contributed by atoms with Gasteiger partial charge >= 0.3 is 0 Å². The van der Waals surface area contributed by atoms with Crippen LogP contribution in [0, 0.1) is 0 Å². The third kappa shape index (κ3) is 3.60. The first-order chi connectivity index (χ1) is 9.83. The van der Waals surface area contributed by atoms with E-state index in [4.69, 9.17) is 0 Å². The zero-order valence-electron chi connectivity index (χ0n) is 12.1. The number of amides is 1. The first-order valence-electron chi connectivity index (χ1n) is 7.90. The summed E-state index contributed by atoms with van der Waals surface area (Å²) in [6, 6.07) is 11.4. The summed E-state index contributed by atoms with van der Waals surface area (Å²) in [5, 5.41) is 3.47. The Morgan fingerprint density at radius 1 is 1.20 bits per heavy atom. The van der Waals surface area contributed by atoms with Gasteiger partial charge in [0.05, 0.1) is 0 Å². The van der Waals surface area contributed by atoms with Gasteiger partial charge in [0.15, 0.2) is 0 Å². The Balaban J connectivity index is 1.54. The number of nitrogens with zero attached hydrogens (tertiary/aromatic N) is 1. The van der Waals surface area contributed by atoms with Crippen molar-refractivity contribution in [2.45, 2.75) is 57.2 Å². The standard InChI is InChI=1S/C17H24N2O/c20-17(11-8-15-7-4-12-18-15)19(16-9-10-16)13-14-5-2-1-3-6-14/h1-3,5-6,15-16,18H,4,7-13H2. The zero-order chi connectivity index (χ0) is 13.8. The lowest BCUT2D eigenvalue weighted by Gasteiger charge is -2.23. The lowest BCUT2D eigenvalue weighted by Crippen LogP contribution is -2.33. The van der Waals surface area contributed by atoms with Crippen molar-refractivity contribution in [1.29, 1.82) is 0 Å². The van der Waals surface area contributed by atoms with Crippen molar-refractivity contribution in [1.82, 2.24) is 10.2 Å². The van der Waals surface area contributed by atoms with Crippen molar-refractivity contribution >= 4 is 5.91 Å². The highest BCUT2D eigenvalue weighted by molar-refractivity contribution is 5.77. The van der Waals surface area contributed by atoms with Gasteiger partial charge in [-0.3, -0.25) is 4.79 Å². The molecule has 0 spiro atoms. The lowest BCUT2D eigenvalue weighted by atomic mass is 10.1. The lowest BCUT2D eigenvalue weighted by molar-refractivity contribution is -0.132. The van der Waals surface area contributed by atoms with Crippen LogP contribution in [-0.4, -0.2) is 29.4 Å². The average molecular weight is 272 g/mol. The van der Waals surface area contributed by atoms with Gasteiger partial charge in [0.2, 0.25) is 5.91 Å². The van der Waals surface area contributed by atoms with Crippen molar-refractivity contribution in [3.63, 3.8) is 0 Å². The summed E-state index contributed by atoms with van der Waals surface area (Å²) in [7, 11) is 0. The molecule has 1 aromatic carbocycles. The molecular formula is C17H24N2O. The van der Waals surface area contributed by atoms with Crippen molar-refractivity contribution in [3.05, 3.63) is 35.9 Å². The molecule has 2 aliphatic rings. The number of carbonyl (C=O) groups is 1. The van der Waals surface area contributed by atoms with Crippen LogP contribution in [0.5, 0.6) is 0 Å². The summed E-state index contributed by atoms with van der Waals surface area (Å²) < 4.78 is 0. The molecule has 1 atom stereocenters. The van der Waals surface area contributed by atoms with E-state index < -0.39 is 0 Å². The molecule has 1 unspecified atom stereocenters. The van der Waals surface area contributed by atoms with E-state index in [1.54, 1.807) is 0 Å². The molecule has 1 amide bonds. The van der Waals surface area contributed by atoms with Crippen LogP contribution in [0.3, 0.4) is 0 Å². The molecule has 2 fully saturated rings. The van der Waals surface area contributed by atoms with Gasteiger partial charge in [0, 0.05) is 25.0 Å². The van der Waals surface area contributed by atoms with Crippen molar-refractivity contribution in [3.8, 4) is 0 Å². The van der Waals surface area contributed by atoms with Gasteiger partial charge in [-0.05, 0) is 44.2 Å². The molecule has 1 saturated carbocycles. The molecule has 1 saturated heterocycles. The predicted molar refractivity (Wildman–Crippen MR) is 80.3 cm³/mol. The summed E-state index contributed by atoms with van der Waals surface area (Å²) in [6.07, 6.45) is 6.54. The second kappa shape index (κ2) is 6.40. The first kappa shape index (κ1) is 13.6. The number of nitrogens with one attached hydrogen (secondary N) is 1. The topological polar surface area (TPSA) is 32.3 Å². The third-order valence-electron chi connectivity index (χ3n) is 4.37. The number of rotatable bonds is 6. The second-order valence-electron chi connectivity index (χ2n) is 6.07. The molecule has 1 aliphatic carbocycles. The quantitative estimate of drug-likeness (QED) is 0.863. The SMILES string of the molecule is O=C(CCC1CCCN1)N(Cc1ccccc1)C1CC1. The smallest absolute Gasteiger partial charge is 0.223 e. The summed E-state index contributed by atoms with van der Waals surface area (Å²) >= 11 is 0. The Hall–Kier alpha value is -1.35. The van der Waals surface area contributed by atoms with Crippen LogP contribution >= 0.6 is 0 Å². The Labute approximate surface area is 121 Å². The monoisotopic (exact) mass is 272 g/mol. The number of carbonyl (C=O) groups excluding carboxylic acids is 1. The summed E-state index contributed by atoms with van der Waals surface area (Å²) in [5.41, 5.74) is 1.24. The first-order valence-corrected chi connectivity index (χ1v) is 7.90. The largest absolute Gasteiger partial charge is 0.335 e. The van der Waals surface area contributed by atoms with Gasteiger partial charge in [-0.1, -0.05) is 30.3 Å². The van der Waals surface area contributed by atoms with E-state index in [9.17, 15) is 4.79 Å². The molecule has 3 heteroatoms. The van der Waals surface area contributed by atoms with Crippen LogP contribution in [0.15, 0.2) is 30.3 Å². The van der Waals surface area contributed by atoms with E-state index in [-0.39, 0.29) is 0 Å². The maximum atomic E-state index is 12.5. The van der Waals surface area contributed by atoms with Crippen LogP contribution in [-0.2, 0) is 11.3 Å². The van der Waals surface area contributed by atoms with Gasteiger partial charge in [-0.2, -0.15) is 0 Å². The minimum atomic E-state index is 0.338. The van der Waals surface area contributed by atoms with Crippen molar-refractivity contribution < 1.29 is 4.79 Å². The molecule has 0 aromatic heterocycles. The molecule has 1 N–H and O–H groups in total. The zero-order valence-corrected chi connectivity index (χ0v) is 12.1. The van der Waals surface area contributed by atoms with Crippen LogP contribution in [0.25, 0.3) is 0 Å². The Morgan fingerprint density at radius 3 is 2.65 bits per heavy atom. The molecule has 0 bridgehead atoms. The highest BCUT2D eigenvalue weighted by Gasteiger charge is 2.32. The van der Waals surface area contributed by atoms with E-state index in [1.165, 1.54) is 31.2 Å². The second-order valence-corrected chi connectivity index (χ2v) is 6.07. The van der Waals surface area contributed by atoms with Crippen molar-refractivity contribution in [2.75, 3.05) is 6.54 Å². The van der Waals surface area contributed by atoms with E-state index in [0.29, 0.717) is 24.4 Å². The Kier molecular flexibility index (Phi) is 4.36. The molecule has 108 valence electrons. The predicted octanol–water partition coefficient (Wildman–Crippen LogP) is 2.71. The molecule has 0 radical (unpaired) electrons. The van der Waals surface area contributed by atoms with Crippen LogP contribution < -0.4 is 5.32 Å². The highest BCUT2D eigenvalue weighted by Crippen LogP contribution is 2.29. The Morgan fingerprint density at radius 2 is 2.00 bits per heavy atom. The summed E-state index contributed by atoms with van der Waals surface area (Å²) in [4.78, 5) is 14.6. The molecule has 1 heterocycles. The van der Waals surface area contributed by atoms with E-state index >= 15 is 0 Å². The Bertz CT molecular complexity index is 436. The number of hydrogen-bond acceptors (Lipinski definition) is 2. The number of hydrogen-bond donors (Lipinski definition) is 1. The molecule has 1 aromatic rings. The normalized spacial score (nSPS) is 21.9. The van der Waals surface area contributed by atoms with Gasteiger partial charge in [-0.25, -0.2) is 0 Å². The minimum Gasteiger partial charge on any atom is -0.335 e. The van der Waals surface area contributed by atoms with Crippen LogP contribution in [0.4, 0.5) is 0 Å². The fraction of sp³-hybridized carbons (Fsp3) is 0.588. The average Bonchev–Trinajstić information content (AvgIpc) is 3.19. The molecule has 3 nitrogen and oxygen atoms in total. The molecule has 1 aliphatic heterocycles. The molecular weight excluding hydrogens is 248 g/mol. The number of benzene rings is 1. The fourth-order valence-corrected chi connectivity index (χ4v) is 3.03.